The lowest BCUT2D eigenvalue weighted by Gasteiger charge is -2.19. The fraction of sp³-hybridized carbons (Fsp3) is 0.364. The smallest absolute Gasteiger partial charge is 0.243 e. The molecule has 0 aromatic heterocycles. The summed E-state index contributed by atoms with van der Waals surface area (Å²) in [7, 11) is 0. The van der Waals surface area contributed by atoms with Gasteiger partial charge in [-0.05, 0) is 41.4 Å². The van der Waals surface area contributed by atoms with Gasteiger partial charge in [0.25, 0.3) is 0 Å². The van der Waals surface area contributed by atoms with Gasteiger partial charge in [-0.1, -0.05) is 74.9 Å². The highest BCUT2D eigenvalue weighted by Gasteiger charge is 2.43. The first-order valence-corrected chi connectivity index (χ1v) is 8.84. The van der Waals surface area contributed by atoms with E-state index in [1.54, 1.807) is 6.21 Å². The molecule has 0 saturated heterocycles. The zero-order valence-electron chi connectivity index (χ0n) is 15.4. The van der Waals surface area contributed by atoms with Gasteiger partial charge in [0.1, 0.15) is 0 Å². The topological polar surface area (TPSA) is 41.5 Å². The van der Waals surface area contributed by atoms with Gasteiger partial charge < -0.3 is 0 Å². The number of rotatable bonds is 4. The van der Waals surface area contributed by atoms with E-state index in [-0.39, 0.29) is 17.2 Å². The van der Waals surface area contributed by atoms with Crippen LogP contribution in [0.2, 0.25) is 0 Å². The molecular formula is C22H26N2O. The van der Waals surface area contributed by atoms with Crippen molar-refractivity contribution in [3.05, 3.63) is 70.8 Å². The monoisotopic (exact) mass is 334 g/mol. The quantitative estimate of drug-likeness (QED) is 0.647. The van der Waals surface area contributed by atoms with Crippen LogP contribution >= 0.6 is 0 Å². The first-order chi connectivity index (χ1) is 11.8. The molecule has 1 saturated carbocycles. The average molecular weight is 334 g/mol. The molecule has 1 N–H and O–H groups in total. The van der Waals surface area contributed by atoms with Gasteiger partial charge in [-0.2, -0.15) is 5.10 Å². The van der Waals surface area contributed by atoms with E-state index in [4.69, 9.17) is 0 Å². The third-order valence-corrected chi connectivity index (χ3v) is 4.80. The van der Waals surface area contributed by atoms with Crippen molar-refractivity contribution in [3.63, 3.8) is 0 Å². The maximum absolute atomic E-state index is 12.2. The van der Waals surface area contributed by atoms with Crippen molar-refractivity contribution in [2.75, 3.05) is 0 Å². The fourth-order valence-electron chi connectivity index (χ4n) is 2.99. The third-order valence-electron chi connectivity index (χ3n) is 4.80. The van der Waals surface area contributed by atoms with Gasteiger partial charge in [0.2, 0.25) is 5.91 Å². The summed E-state index contributed by atoms with van der Waals surface area (Å²) >= 11 is 0. The first kappa shape index (κ1) is 17.4. The summed E-state index contributed by atoms with van der Waals surface area (Å²) in [5, 5.41) is 4.08. The number of aryl methyl sites for hydroxylation is 1. The highest BCUT2D eigenvalue weighted by molar-refractivity contribution is 5.85. The molecule has 25 heavy (non-hydrogen) atoms. The molecule has 2 aromatic rings. The van der Waals surface area contributed by atoms with Crippen LogP contribution in [0.3, 0.4) is 0 Å². The highest BCUT2D eigenvalue weighted by Crippen LogP contribution is 2.47. The van der Waals surface area contributed by atoms with E-state index < -0.39 is 0 Å². The Morgan fingerprint density at radius 1 is 1.08 bits per heavy atom. The first-order valence-electron chi connectivity index (χ1n) is 8.84. The summed E-state index contributed by atoms with van der Waals surface area (Å²) in [6, 6.07) is 16.7. The molecule has 3 heteroatoms. The van der Waals surface area contributed by atoms with E-state index in [0.29, 0.717) is 5.92 Å². The van der Waals surface area contributed by atoms with E-state index in [2.05, 4.69) is 55.6 Å². The van der Waals surface area contributed by atoms with Crippen LogP contribution in [0.5, 0.6) is 0 Å². The number of nitrogens with one attached hydrogen (secondary N) is 1. The number of hydrogen-bond acceptors (Lipinski definition) is 2. The molecule has 0 spiro atoms. The van der Waals surface area contributed by atoms with E-state index in [1.165, 1.54) is 16.7 Å². The van der Waals surface area contributed by atoms with E-state index >= 15 is 0 Å². The van der Waals surface area contributed by atoms with Gasteiger partial charge >= 0.3 is 0 Å². The van der Waals surface area contributed by atoms with Gasteiger partial charge in [-0.15, -0.1) is 0 Å². The second kappa shape index (κ2) is 6.83. The summed E-state index contributed by atoms with van der Waals surface area (Å²) in [6.45, 7) is 8.67. The molecule has 1 aliphatic rings. The van der Waals surface area contributed by atoms with Crippen LogP contribution in [-0.2, 0) is 10.2 Å². The SMILES string of the molecule is Cc1ccc(C=NNC(=O)[C@H]2C[C@H]2c2ccc(C(C)(C)C)cc2)cc1. The largest absolute Gasteiger partial charge is 0.273 e. The van der Waals surface area contributed by atoms with Gasteiger partial charge in [0.15, 0.2) is 0 Å². The Hall–Kier alpha value is -2.42. The van der Waals surface area contributed by atoms with Crippen molar-refractivity contribution in [2.24, 2.45) is 11.0 Å². The Kier molecular flexibility index (Phi) is 4.76. The lowest BCUT2D eigenvalue weighted by atomic mass is 9.86. The van der Waals surface area contributed by atoms with Crippen molar-refractivity contribution in [2.45, 2.75) is 45.4 Å². The van der Waals surface area contributed by atoms with E-state index in [9.17, 15) is 4.79 Å². The van der Waals surface area contributed by atoms with Gasteiger partial charge in [0.05, 0.1) is 6.21 Å². The predicted molar refractivity (Wildman–Crippen MR) is 103 cm³/mol. The van der Waals surface area contributed by atoms with E-state index in [1.807, 2.05) is 31.2 Å². The standard InChI is InChI=1S/C22H26N2O/c1-15-5-7-16(8-6-15)14-23-24-21(25)20-13-19(20)17-9-11-18(12-10-17)22(2,3)4/h5-12,14,19-20H,13H2,1-4H3,(H,24,25)/t19-,20-/m0/s1. The molecule has 3 nitrogen and oxygen atoms in total. The minimum atomic E-state index is 0.00765. The molecule has 130 valence electrons. The fourth-order valence-corrected chi connectivity index (χ4v) is 2.99. The molecule has 0 unspecified atom stereocenters. The van der Waals surface area contributed by atoms with Gasteiger partial charge in [-0.3, -0.25) is 4.79 Å². The molecule has 1 fully saturated rings. The molecular weight excluding hydrogens is 308 g/mol. The number of hydrogen-bond donors (Lipinski definition) is 1. The molecule has 2 atom stereocenters. The van der Waals surface area contributed by atoms with Crippen LogP contribution in [0.25, 0.3) is 0 Å². The van der Waals surface area contributed by atoms with Crippen molar-refractivity contribution in [1.29, 1.82) is 0 Å². The summed E-state index contributed by atoms with van der Waals surface area (Å²) in [5.74, 6) is 0.368. The normalized spacial score (nSPS) is 19.8. The Bertz CT molecular complexity index is 767. The third kappa shape index (κ3) is 4.36. The van der Waals surface area contributed by atoms with Crippen LogP contribution in [-0.4, -0.2) is 12.1 Å². The Balaban J connectivity index is 1.54. The highest BCUT2D eigenvalue weighted by atomic mass is 16.2. The zero-order valence-corrected chi connectivity index (χ0v) is 15.4. The maximum atomic E-state index is 12.2. The van der Waals surface area contributed by atoms with Crippen molar-refractivity contribution < 1.29 is 4.79 Å². The maximum Gasteiger partial charge on any atom is 0.243 e. The molecule has 0 bridgehead atoms. The zero-order chi connectivity index (χ0) is 18.0. The summed E-state index contributed by atoms with van der Waals surface area (Å²) in [4.78, 5) is 12.2. The average Bonchev–Trinajstić information content (AvgIpc) is 3.37. The Labute approximate surface area is 150 Å². The lowest BCUT2D eigenvalue weighted by Crippen LogP contribution is -2.20. The molecule has 1 amide bonds. The minimum absolute atomic E-state index is 0.00765. The number of nitrogens with zero attached hydrogens (tertiary/aromatic N) is 1. The molecule has 0 radical (unpaired) electrons. The summed E-state index contributed by atoms with van der Waals surface area (Å²) in [5.41, 5.74) is 7.59. The van der Waals surface area contributed by atoms with Crippen LogP contribution < -0.4 is 5.43 Å². The van der Waals surface area contributed by atoms with Gasteiger partial charge in [-0.25, -0.2) is 5.43 Å². The number of amides is 1. The number of carbonyl (C=O) groups is 1. The summed E-state index contributed by atoms with van der Waals surface area (Å²) < 4.78 is 0. The molecule has 0 heterocycles. The summed E-state index contributed by atoms with van der Waals surface area (Å²) in [6.07, 6.45) is 2.59. The van der Waals surface area contributed by atoms with Crippen LogP contribution in [0, 0.1) is 12.8 Å². The van der Waals surface area contributed by atoms with Crippen molar-refractivity contribution in [3.8, 4) is 0 Å². The molecule has 3 rings (SSSR count). The predicted octanol–water partition coefficient (Wildman–Crippen LogP) is 4.55. The second-order valence-corrected chi connectivity index (χ2v) is 7.97. The van der Waals surface area contributed by atoms with Gasteiger partial charge in [0, 0.05) is 5.92 Å². The second-order valence-electron chi connectivity index (χ2n) is 7.97. The number of benzene rings is 2. The van der Waals surface area contributed by atoms with Crippen molar-refractivity contribution in [1.82, 2.24) is 5.43 Å². The van der Waals surface area contributed by atoms with E-state index in [0.717, 1.165) is 12.0 Å². The van der Waals surface area contributed by atoms with Crippen molar-refractivity contribution >= 4 is 12.1 Å². The van der Waals surface area contributed by atoms with Crippen LogP contribution in [0.1, 0.15) is 55.4 Å². The number of carbonyl (C=O) groups excluding carboxylic acids is 1. The number of hydrazone groups is 1. The Morgan fingerprint density at radius 3 is 2.32 bits per heavy atom. The lowest BCUT2D eigenvalue weighted by molar-refractivity contribution is -0.122. The molecule has 1 aliphatic carbocycles. The molecule has 2 aromatic carbocycles. The molecule has 0 aliphatic heterocycles. The van der Waals surface area contributed by atoms with Crippen LogP contribution in [0.15, 0.2) is 53.6 Å². The van der Waals surface area contributed by atoms with Crippen LogP contribution in [0.4, 0.5) is 0 Å². The Morgan fingerprint density at radius 2 is 1.72 bits per heavy atom. The minimum Gasteiger partial charge on any atom is -0.273 e.